The number of hydrogen-bond acceptors (Lipinski definition) is 6. The van der Waals surface area contributed by atoms with Crippen LogP contribution in [-0.4, -0.2) is 41.2 Å². The SMILES string of the molecule is O=C1CC[CH](S)[Ge]2([CH](S)CC1)[CH](S)CCC(=O)CC[CH]2S. The summed E-state index contributed by atoms with van der Waals surface area (Å²) in [4.78, 5) is 23.6. The second kappa shape index (κ2) is 7.90. The van der Waals surface area contributed by atoms with E-state index >= 15 is 0 Å². The van der Waals surface area contributed by atoms with Gasteiger partial charge in [-0.15, -0.1) is 0 Å². The molecule has 2 saturated heterocycles. The van der Waals surface area contributed by atoms with Gasteiger partial charge in [-0.05, 0) is 0 Å². The number of thiol groups is 4. The Bertz CT molecular complexity index is 344. The average Bonchev–Trinajstić information content (AvgIpc) is 2.45. The van der Waals surface area contributed by atoms with Crippen LogP contribution < -0.4 is 0 Å². The van der Waals surface area contributed by atoms with Gasteiger partial charge in [0, 0.05) is 0 Å². The second-order valence-electron chi connectivity index (χ2n) is 6.30. The summed E-state index contributed by atoms with van der Waals surface area (Å²) in [7, 11) is 0. The van der Waals surface area contributed by atoms with Crippen LogP contribution in [0.15, 0.2) is 0 Å². The Morgan fingerprint density at radius 2 is 0.857 bits per heavy atom. The van der Waals surface area contributed by atoms with E-state index in [0.29, 0.717) is 37.2 Å². The summed E-state index contributed by atoms with van der Waals surface area (Å²) >= 11 is 17.0. The van der Waals surface area contributed by atoms with Gasteiger partial charge in [-0.25, -0.2) is 0 Å². The topological polar surface area (TPSA) is 34.1 Å². The first kappa shape index (κ1) is 18.6. The minimum atomic E-state index is -2.69. The van der Waals surface area contributed by atoms with Crippen molar-refractivity contribution in [2.75, 3.05) is 0 Å². The van der Waals surface area contributed by atoms with Gasteiger partial charge < -0.3 is 0 Å². The molecule has 0 saturated carbocycles. The summed E-state index contributed by atoms with van der Waals surface area (Å²) in [6.45, 7) is 0. The van der Waals surface area contributed by atoms with E-state index in [9.17, 15) is 9.59 Å². The number of ketones is 2. The molecule has 0 radical (unpaired) electrons. The van der Waals surface area contributed by atoms with Crippen LogP contribution in [0.3, 0.4) is 0 Å². The predicted molar refractivity (Wildman–Crippen MR) is 104 cm³/mol. The summed E-state index contributed by atoms with van der Waals surface area (Å²) in [5, 5.41) is 0. The van der Waals surface area contributed by atoms with Crippen molar-refractivity contribution in [2.24, 2.45) is 0 Å². The molecule has 7 heteroatoms. The van der Waals surface area contributed by atoms with Crippen LogP contribution in [0.2, 0.25) is 0 Å². The normalized spacial score (nSPS) is 43.0. The molecule has 2 aliphatic heterocycles. The van der Waals surface area contributed by atoms with E-state index in [1.807, 2.05) is 0 Å². The van der Waals surface area contributed by atoms with E-state index in [2.05, 4.69) is 0 Å². The molecule has 2 nitrogen and oxygen atoms in total. The van der Waals surface area contributed by atoms with E-state index in [1.54, 1.807) is 0 Å². The average molecular weight is 425 g/mol. The maximum absolute atomic E-state index is 11.8. The second-order valence-corrected chi connectivity index (χ2v) is 22.9. The van der Waals surface area contributed by atoms with Crippen LogP contribution >= 0.6 is 50.5 Å². The Labute approximate surface area is 152 Å². The molecular weight excluding hydrogens is 401 g/mol. The maximum atomic E-state index is 11.8. The molecule has 0 aromatic rings. The first-order chi connectivity index (χ1) is 9.88. The van der Waals surface area contributed by atoms with E-state index in [-0.39, 0.29) is 16.3 Å². The number of carbonyl (C=O) groups excluding carboxylic acids is 2. The van der Waals surface area contributed by atoms with Gasteiger partial charge in [-0.2, -0.15) is 0 Å². The van der Waals surface area contributed by atoms with Gasteiger partial charge in [0.1, 0.15) is 0 Å². The van der Waals surface area contributed by atoms with Crippen molar-refractivity contribution in [2.45, 2.75) is 67.7 Å². The number of rotatable bonds is 0. The molecule has 2 heterocycles. The molecule has 2 rings (SSSR count). The Balaban J connectivity index is 2.35. The van der Waals surface area contributed by atoms with Gasteiger partial charge in [-0.1, -0.05) is 0 Å². The summed E-state index contributed by atoms with van der Waals surface area (Å²) in [5.74, 6) is 0.663. The molecule has 4 unspecified atom stereocenters. The zero-order chi connectivity index (χ0) is 15.6. The first-order valence-electron chi connectivity index (χ1n) is 7.64. The molecule has 2 aliphatic rings. The molecule has 0 N–H and O–H groups in total. The summed E-state index contributed by atoms with van der Waals surface area (Å²) in [6.07, 6.45) is 5.84. The quantitative estimate of drug-likeness (QED) is 0.356. The van der Waals surface area contributed by atoms with Crippen molar-refractivity contribution in [3.63, 3.8) is 0 Å². The van der Waals surface area contributed by atoms with E-state index in [0.717, 1.165) is 25.7 Å². The minimum absolute atomic E-state index is 0.231. The Morgan fingerprint density at radius 1 is 0.619 bits per heavy atom. The fraction of sp³-hybridized carbons (Fsp3) is 0.857. The van der Waals surface area contributed by atoms with Crippen LogP contribution in [0.1, 0.15) is 51.4 Å². The molecule has 0 bridgehead atoms. The van der Waals surface area contributed by atoms with Gasteiger partial charge in [0.15, 0.2) is 0 Å². The summed E-state index contributed by atoms with van der Waals surface area (Å²) in [5.41, 5.74) is 0. The monoisotopic (exact) mass is 426 g/mol. The van der Waals surface area contributed by atoms with Gasteiger partial charge in [0.25, 0.3) is 0 Å². The van der Waals surface area contributed by atoms with Crippen LogP contribution in [0.5, 0.6) is 0 Å². The third-order valence-corrected chi connectivity index (χ3v) is 27.5. The standard InChI is InChI=1S/C14H24GeO2S4/c16-9-1-5-11(18)15(12(19)6-2-9)13(20)7-3-10(17)4-8-14(15)21/h11-14,18-21H,1-8H2. The van der Waals surface area contributed by atoms with Gasteiger partial charge >= 0.3 is 153 Å². The van der Waals surface area contributed by atoms with Crippen molar-refractivity contribution in [1.29, 1.82) is 0 Å². The predicted octanol–water partition coefficient (Wildman–Crippen LogP) is 3.07. The van der Waals surface area contributed by atoms with Crippen molar-refractivity contribution in [3.8, 4) is 0 Å². The fourth-order valence-corrected chi connectivity index (χ4v) is 30.2. The zero-order valence-corrected chi connectivity index (χ0v) is 17.7. The number of carbonyl (C=O) groups is 2. The van der Waals surface area contributed by atoms with E-state index in [1.165, 1.54) is 0 Å². The molecule has 2 fully saturated rings. The van der Waals surface area contributed by atoms with Gasteiger partial charge in [0.05, 0.1) is 0 Å². The molecular formula is C14H24GeO2S4. The Morgan fingerprint density at radius 3 is 1.10 bits per heavy atom. The summed E-state index contributed by atoms with van der Waals surface area (Å²) < 4.78 is 0.926. The first-order valence-corrected chi connectivity index (χ1v) is 14.6. The third kappa shape index (κ3) is 3.86. The van der Waals surface area contributed by atoms with Crippen molar-refractivity contribution in [3.05, 3.63) is 0 Å². The number of hydrogen-bond donors (Lipinski definition) is 4. The van der Waals surface area contributed by atoms with Crippen LogP contribution in [0, 0.1) is 0 Å². The van der Waals surface area contributed by atoms with Crippen molar-refractivity contribution >= 4 is 75.3 Å². The Kier molecular flexibility index (Phi) is 7.01. The van der Waals surface area contributed by atoms with Crippen LogP contribution in [0.4, 0.5) is 0 Å². The molecule has 4 atom stereocenters. The fourth-order valence-electron chi connectivity index (χ4n) is 3.77. The zero-order valence-electron chi connectivity index (χ0n) is 12.1. The Hall–Kier alpha value is 1.28. The van der Waals surface area contributed by atoms with E-state index < -0.39 is 13.3 Å². The van der Waals surface area contributed by atoms with Gasteiger partial charge in [-0.3, -0.25) is 0 Å². The van der Waals surface area contributed by atoms with E-state index in [4.69, 9.17) is 50.5 Å². The molecule has 0 aliphatic carbocycles. The molecule has 0 aromatic carbocycles. The van der Waals surface area contributed by atoms with Crippen LogP contribution in [-0.2, 0) is 9.59 Å². The van der Waals surface area contributed by atoms with Gasteiger partial charge in [0.2, 0.25) is 0 Å². The molecule has 0 amide bonds. The van der Waals surface area contributed by atoms with Crippen molar-refractivity contribution < 1.29 is 9.59 Å². The molecule has 21 heavy (non-hydrogen) atoms. The molecule has 120 valence electrons. The van der Waals surface area contributed by atoms with Crippen molar-refractivity contribution in [1.82, 2.24) is 0 Å². The third-order valence-electron chi connectivity index (χ3n) is 5.10. The summed E-state index contributed by atoms with van der Waals surface area (Å²) in [6, 6.07) is 0. The molecule has 0 aromatic heterocycles. The van der Waals surface area contributed by atoms with Crippen LogP contribution in [0.25, 0.3) is 0 Å². The number of Topliss-reactive ketones (excluding diaryl/α,β-unsaturated/α-hetero) is 2. The molecule has 1 spiro atoms.